The SMILES string of the molecule is CCC(C)C(=O)OCCNC(=O)NC1CC(C(C)(O)C(F)(F)F)CC(C(O)(C(F)(F)F)C(F)(F)F)C1. The number of hydrogen-bond donors (Lipinski definition) is 4. The molecule has 16 heteroatoms. The van der Waals surface area contributed by atoms with E-state index in [2.05, 4.69) is 5.32 Å². The normalized spacial score (nSPS) is 24.4. The summed E-state index contributed by atoms with van der Waals surface area (Å²) in [5.74, 6) is -6.11. The minimum absolute atomic E-state index is 0.197. The average Bonchev–Trinajstić information content (AvgIpc) is 2.72. The van der Waals surface area contributed by atoms with Crippen molar-refractivity contribution in [2.45, 2.75) is 82.2 Å². The van der Waals surface area contributed by atoms with Crippen molar-refractivity contribution in [2.24, 2.45) is 17.8 Å². The second-order valence-electron chi connectivity index (χ2n) is 9.08. The fourth-order valence-electron chi connectivity index (χ4n) is 3.95. The number of esters is 1. The van der Waals surface area contributed by atoms with E-state index < -0.39 is 84.8 Å². The van der Waals surface area contributed by atoms with Gasteiger partial charge in [0.05, 0.1) is 12.5 Å². The first-order chi connectivity index (χ1) is 16.1. The van der Waals surface area contributed by atoms with E-state index in [4.69, 9.17) is 4.74 Å². The third kappa shape index (κ3) is 7.07. The van der Waals surface area contributed by atoms with Crippen LogP contribution in [0.25, 0.3) is 0 Å². The Morgan fingerprint density at radius 1 is 0.917 bits per heavy atom. The predicted molar refractivity (Wildman–Crippen MR) is 105 cm³/mol. The highest BCUT2D eigenvalue weighted by Gasteiger charge is 2.74. The number of halogens is 9. The Bertz CT molecular complexity index is 754. The summed E-state index contributed by atoms with van der Waals surface area (Å²) in [5.41, 5.74) is -9.11. The number of aliphatic hydroxyl groups is 2. The monoisotopic (exact) mass is 548 g/mol. The van der Waals surface area contributed by atoms with Crippen molar-refractivity contribution in [3.05, 3.63) is 0 Å². The molecule has 1 rings (SSSR count). The van der Waals surface area contributed by atoms with Crippen LogP contribution < -0.4 is 10.6 Å². The largest absolute Gasteiger partial charge is 0.464 e. The van der Waals surface area contributed by atoms with Gasteiger partial charge in [0.1, 0.15) is 6.61 Å². The molecule has 4 N–H and O–H groups in total. The van der Waals surface area contributed by atoms with Crippen molar-refractivity contribution >= 4 is 12.0 Å². The van der Waals surface area contributed by atoms with E-state index in [1.165, 1.54) is 0 Å². The van der Waals surface area contributed by atoms with Crippen molar-refractivity contribution in [1.82, 2.24) is 10.6 Å². The molecule has 2 amide bonds. The first kappa shape index (κ1) is 32.1. The summed E-state index contributed by atoms with van der Waals surface area (Å²) in [6.45, 7) is 2.86. The second kappa shape index (κ2) is 11.2. The number of amides is 2. The molecule has 0 aromatic carbocycles. The molecule has 1 aliphatic carbocycles. The van der Waals surface area contributed by atoms with Gasteiger partial charge in [-0.1, -0.05) is 13.8 Å². The van der Waals surface area contributed by atoms with Crippen LogP contribution in [0.4, 0.5) is 44.3 Å². The summed E-state index contributed by atoms with van der Waals surface area (Å²) in [7, 11) is 0. The van der Waals surface area contributed by atoms with Crippen molar-refractivity contribution in [3.8, 4) is 0 Å². The maximum atomic E-state index is 13.4. The van der Waals surface area contributed by atoms with Gasteiger partial charge in [-0.2, -0.15) is 39.5 Å². The Balaban J connectivity index is 3.09. The summed E-state index contributed by atoms with van der Waals surface area (Å²) in [6, 6.07) is -2.88. The van der Waals surface area contributed by atoms with Crippen LogP contribution in [-0.4, -0.2) is 71.1 Å². The number of hydrogen-bond acceptors (Lipinski definition) is 5. The molecule has 0 aliphatic heterocycles. The van der Waals surface area contributed by atoms with E-state index in [1.807, 2.05) is 5.32 Å². The maximum Gasteiger partial charge on any atom is 0.426 e. The molecule has 212 valence electrons. The van der Waals surface area contributed by atoms with Gasteiger partial charge in [-0.15, -0.1) is 0 Å². The van der Waals surface area contributed by atoms with Crippen LogP contribution in [0.2, 0.25) is 0 Å². The standard InChI is InChI=1S/C20H29F9N2O5/c1-4-10(2)14(32)36-6-5-30-15(33)31-13-8-11(16(3,34)18(21,22)23)7-12(9-13)17(35,19(24,25)26)20(27,28)29/h10-13,34-35H,4-9H2,1-3H3,(H2,30,31,33). The van der Waals surface area contributed by atoms with Crippen molar-refractivity contribution in [1.29, 1.82) is 0 Å². The highest BCUT2D eigenvalue weighted by atomic mass is 19.4. The molecule has 5 atom stereocenters. The lowest BCUT2D eigenvalue weighted by molar-refractivity contribution is -0.390. The summed E-state index contributed by atoms with van der Waals surface area (Å²) < 4.78 is 125. The van der Waals surface area contributed by atoms with Crippen LogP contribution in [0.3, 0.4) is 0 Å². The van der Waals surface area contributed by atoms with E-state index in [9.17, 15) is 59.3 Å². The van der Waals surface area contributed by atoms with E-state index >= 15 is 0 Å². The summed E-state index contributed by atoms with van der Waals surface area (Å²) >= 11 is 0. The Morgan fingerprint density at radius 2 is 1.42 bits per heavy atom. The lowest BCUT2D eigenvalue weighted by atomic mass is 9.65. The summed E-state index contributed by atoms with van der Waals surface area (Å²) in [4.78, 5) is 23.7. The molecule has 1 saturated carbocycles. The first-order valence-electron chi connectivity index (χ1n) is 10.9. The molecule has 0 radical (unpaired) electrons. The molecule has 0 aromatic rings. The third-order valence-electron chi connectivity index (χ3n) is 6.51. The van der Waals surface area contributed by atoms with Crippen LogP contribution in [0.15, 0.2) is 0 Å². The van der Waals surface area contributed by atoms with Crippen LogP contribution in [-0.2, 0) is 9.53 Å². The minimum Gasteiger partial charge on any atom is -0.464 e. The predicted octanol–water partition coefficient (Wildman–Crippen LogP) is 3.83. The van der Waals surface area contributed by atoms with Crippen LogP contribution >= 0.6 is 0 Å². The van der Waals surface area contributed by atoms with E-state index in [0.29, 0.717) is 6.42 Å². The van der Waals surface area contributed by atoms with Gasteiger partial charge < -0.3 is 25.6 Å². The van der Waals surface area contributed by atoms with Gasteiger partial charge >= 0.3 is 30.5 Å². The number of urea groups is 1. The van der Waals surface area contributed by atoms with E-state index in [0.717, 1.165) is 0 Å². The number of rotatable bonds is 8. The summed E-state index contributed by atoms with van der Waals surface area (Å²) in [6.07, 6.45) is -21.1. The topological polar surface area (TPSA) is 108 Å². The van der Waals surface area contributed by atoms with E-state index in [-0.39, 0.29) is 20.1 Å². The fraction of sp³-hybridized carbons (Fsp3) is 0.900. The molecule has 0 bridgehead atoms. The smallest absolute Gasteiger partial charge is 0.426 e. The highest BCUT2D eigenvalue weighted by molar-refractivity contribution is 5.74. The molecule has 7 nitrogen and oxygen atoms in total. The number of carbonyl (C=O) groups is 2. The Kier molecular flexibility index (Phi) is 9.96. The van der Waals surface area contributed by atoms with Gasteiger partial charge in [-0.25, -0.2) is 4.79 Å². The highest BCUT2D eigenvalue weighted by Crippen LogP contribution is 2.54. The van der Waals surface area contributed by atoms with Gasteiger partial charge in [0.2, 0.25) is 0 Å². The minimum atomic E-state index is -6.31. The number of carbonyl (C=O) groups excluding carboxylic acids is 2. The van der Waals surface area contributed by atoms with Crippen molar-refractivity contribution in [2.75, 3.05) is 13.2 Å². The lowest BCUT2D eigenvalue weighted by Crippen LogP contribution is -2.65. The zero-order chi connectivity index (χ0) is 28.3. The van der Waals surface area contributed by atoms with Crippen LogP contribution in [0, 0.1) is 17.8 Å². The lowest BCUT2D eigenvalue weighted by Gasteiger charge is -2.47. The number of ether oxygens (including phenoxy) is 1. The van der Waals surface area contributed by atoms with Crippen molar-refractivity contribution in [3.63, 3.8) is 0 Å². The van der Waals surface area contributed by atoms with E-state index in [1.54, 1.807) is 13.8 Å². The molecule has 1 fully saturated rings. The second-order valence-corrected chi connectivity index (χ2v) is 9.08. The van der Waals surface area contributed by atoms with Gasteiger partial charge in [-0.3, -0.25) is 4.79 Å². The van der Waals surface area contributed by atoms with Gasteiger partial charge in [0.25, 0.3) is 5.60 Å². The molecule has 0 saturated heterocycles. The van der Waals surface area contributed by atoms with Crippen LogP contribution in [0.5, 0.6) is 0 Å². The van der Waals surface area contributed by atoms with Gasteiger partial charge in [0, 0.05) is 12.0 Å². The Morgan fingerprint density at radius 3 is 1.86 bits per heavy atom. The average molecular weight is 548 g/mol. The molecule has 36 heavy (non-hydrogen) atoms. The fourth-order valence-corrected chi connectivity index (χ4v) is 3.95. The molecular weight excluding hydrogens is 519 g/mol. The Hall–Kier alpha value is -1.97. The molecule has 0 aromatic heterocycles. The molecule has 5 unspecified atom stereocenters. The number of alkyl halides is 9. The molecular formula is C20H29F9N2O5. The van der Waals surface area contributed by atoms with Crippen LogP contribution in [0.1, 0.15) is 46.5 Å². The Labute approximate surface area is 200 Å². The third-order valence-corrected chi connectivity index (χ3v) is 6.51. The van der Waals surface area contributed by atoms with Crippen molar-refractivity contribution < 1.29 is 64.1 Å². The first-order valence-corrected chi connectivity index (χ1v) is 10.9. The number of nitrogens with one attached hydrogen (secondary N) is 2. The van der Waals surface area contributed by atoms with Gasteiger partial charge in [-0.05, 0) is 38.5 Å². The zero-order valence-corrected chi connectivity index (χ0v) is 19.6. The maximum absolute atomic E-state index is 13.4. The zero-order valence-electron chi connectivity index (χ0n) is 19.6. The quantitative estimate of drug-likeness (QED) is 0.210. The molecule has 1 aliphatic rings. The summed E-state index contributed by atoms with van der Waals surface area (Å²) in [5, 5.41) is 23.8. The molecule has 0 spiro atoms. The molecule has 0 heterocycles. The van der Waals surface area contributed by atoms with Gasteiger partial charge in [0.15, 0.2) is 5.60 Å².